The number of sulfonamides is 1. The number of rotatable bonds is 7. The number of hydrogen-bond donors (Lipinski definition) is 2. The summed E-state index contributed by atoms with van der Waals surface area (Å²) < 4.78 is 32.6. The minimum absolute atomic E-state index is 0.0854. The van der Waals surface area contributed by atoms with Crippen LogP contribution in [-0.2, 0) is 14.8 Å². The second kappa shape index (κ2) is 9.47. The molecule has 0 radical (unpaired) electrons. The predicted octanol–water partition coefficient (Wildman–Crippen LogP) is 4.80. The van der Waals surface area contributed by atoms with Gasteiger partial charge in [-0.25, -0.2) is 8.42 Å². The van der Waals surface area contributed by atoms with Crippen molar-refractivity contribution < 1.29 is 17.9 Å². The number of ether oxygens (including phenoxy) is 1. The molecular formula is C22H19ClN2O4S. The molecule has 0 atom stereocenters. The Bertz CT molecular complexity index is 1160. The lowest BCUT2D eigenvalue weighted by molar-refractivity contribution is -0.111. The van der Waals surface area contributed by atoms with Gasteiger partial charge in [0.1, 0.15) is 5.75 Å². The van der Waals surface area contributed by atoms with Gasteiger partial charge < -0.3 is 10.1 Å². The van der Waals surface area contributed by atoms with E-state index in [1.54, 1.807) is 73.8 Å². The molecular weight excluding hydrogens is 424 g/mol. The Morgan fingerprint density at radius 1 is 0.967 bits per heavy atom. The van der Waals surface area contributed by atoms with E-state index in [0.29, 0.717) is 27.7 Å². The standard InChI is InChI=1S/C22H19ClN2O4S/c1-29-18-11-9-17(10-12-18)24-22(26)15-8-16-6-13-19(14-7-16)30(27,28)25-21-5-3-2-4-20(21)23/h2-15,25H,1H3,(H,24,26)/b15-8+. The Morgan fingerprint density at radius 3 is 2.27 bits per heavy atom. The van der Waals surface area contributed by atoms with Crippen LogP contribution >= 0.6 is 11.6 Å². The fourth-order valence-corrected chi connectivity index (χ4v) is 3.85. The lowest BCUT2D eigenvalue weighted by Gasteiger charge is -2.09. The second-order valence-electron chi connectivity index (χ2n) is 6.21. The minimum Gasteiger partial charge on any atom is -0.497 e. The average Bonchev–Trinajstić information content (AvgIpc) is 2.75. The van der Waals surface area contributed by atoms with Gasteiger partial charge in [-0.15, -0.1) is 0 Å². The van der Waals surface area contributed by atoms with Gasteiger partial charge in [-0.3, -0.25) is 9.52 Å². The van der Waals surface area contributed by atoms with Crippen LogP contribution in [0.3, 0.4) is 0 Å². The summed E-state index contributed by atoms with van der Waals surface area (Å²) in [6.07, 6.45) is 2.96. The highest BCUT2D eigenvalue weighted by Crippen LogP contribution is 2.24. The molecule has 30 heavy (non-hydrogen) atoms. The maximum absolute atomic E-state index is 12.5. The zero-order chi connectivity index (χ0) is 21.6. The number of carbonyl (C=O) groups is 1. The minimum atomic E-state index is -3.78. The van der Waals surface area contributed by atoms with Crippen molar-refractivity contribution in [3.63, 3.8) is 0 Å². The summed E-state index contributed by atoms with van der Waals surface area (Å²) in [6.45, 7) is 0. The molecule has 0 fully saturated rings. The van der Waals surface area contributed by atoms with Crippen molar-refractivity contribution in [2.75, 3.05) is 17.1 Å². The summed E-state index contributed by atoms with van der Waals surface area (Å²) in [4.78, 5) is 12.1. The van der Waals surface area contributed by atoms with Crippen LogP contribution in [0.4, 0.5) is 11.4 Å². The number of methoxy groups -OCH3 is 1. The lowest BCUT2D eigenvalue weighted by Crippen LogP contribution is -2.13. The van der Waals surface area contributed by atoms with E-state index in [-0.39, 0.29) is 10.8 Å². The summed E-state index contributed by atoms with van der Waals surface area (Å²) in [7, 11) is -2.21. The summed E-state index contributed by atoms with van der Waals surface area (Å²) in [5.74, 6) is 0.389. The Hall–Kier alpha value is -3.29. The highest BCUT2D eigenvalue weighted by molar-refractivity contribution is 7.92. The number of carbonyl (C=O) groups excluding carboxylic acids is 1. The summed E-state index contributed by atoms with van der Waals surface area (Å²) in [5, 5.41) is 3.04. The third-order valence-electron chi connectivity index (χ3n) is 4.09. The Labute approximate surface area is 180 Å². The molecule has 0 aliphatic heterocycles. The van der Waals surface area contributed by atoms with Crippen molar-refractivity contribution in [1.82, 2.24) is 0 Å². The van der Waals surface area contributed by atoms with Gasteiger partial charge in [0.05, 0.1) is 22.7 Å². The summed E-state index contributed by atoms with van der Waals surface area (Å²) in [5.41, 5.74) is 1.62. The van der Waals surface area contributed by atoms with E-state index in [9.17, 15) is 13.2 Å². The van der Waals surface area contributed by atoms with Gasteiger partial charge >= 0.3 is 0 Å². The van der Waals surface area contributed by atoms with Crippen LogP contribution in [0.5, 0.6) is 5.75 Å². The van der Waals surface area contributed by atoms with Gasteiger partial charge in [0.2, 0.25) is 5.91 Å². The van der Waals surface area contributed by atoms with Gasteiger partial charge in [0.25, 0.3) is 10.0 Å². The maximum Gasteiger partial charge on any atom is 0.261 e. The molecule has 0 bridgehead atoms. The van der Waals surface area contributed by atoms with Crippen molar-refractivity contribution in [2.24, 2.45) is 0 Å². The molecule has 2 N–H and O–H groups in total. The molecule has 3 aromatic carbocycles. The normalized spacial score (nSPS) is 11.3. The molecule has 8 heteroatoms. The first-order valence-corrected chi connectivity index (χ1v) is 10.7. The molecule has 6 nitrogen and oxygen atoms in total. The molecule has 0 spiro atoms. The molecule has 0 aliphatic rings. The van der Waals surface area contributed by atoms with E-state index in [0.717, 1.165) is 0 Å². The van der Waals surface area contributed by atoms with Crippen LogP contribution in [-0.4, -0.2) is 21.4 Å². The molecule has 3 rings (SSSR count). The van der Waals surface area contributed by atoms with Gasteiger partial charge in [0.15, 0.2) is 0 Å². The third kappa shape index (κ3) is 5.62. The van der Waals surface area contributed by atoms with Crippen LogP contribution in [0.25, 0.3) is 6.08 Å². The fraction of sp³-hybridized carbons (Fsp3) is 0.0455. The average molecular weight is 443 g/mol. The highest BCUT2D eigenvalue weighted by Gasteiger charge is 2.15. The van der Waals surface area contributed by atoms with Gasteiger partial charge in [0, 0.05) is 11.8 Å². The summed E-state index contributed by atoms with van der Waals surface area (Å²) >= 11 is 6.01. The lowest BCUT2D eigenvalue weighted by atomic mass is 10.2. The molecule has 154 valence electrons. The number of anilines is 2. The Kier molecular flexibility index (Phi) is 6.76. The van der Waals surface area contributed by atoms with Crippen LogP contribution in [0, 0.1) is 0 Å². The Balaban J connectivity index is 1.64. The number of benzene rings is 3. The maximum atomic E-state index is 12.5. The van der Waals surface area contributed by atoms with Gasteiger partial charge in [-0.2, -0.15) is 0 Å². The largest absolute Gasteiger partial charge is 0.497 e. The predicted molar refractivity (Wildman–Crippen MR) is 119 cm³/mol. The summed E-state index contributed by atoms with van der Waals surface area (Å²) in [6, 6.07) is 19.7. The fourth-order valence-electron chi connectivity index (χ4n) is 2.54. The molecule has 0 heterocycles. The SMILES string of the molecule is COc1ccc(NC(=O)/C=C/c2ccc(S(=O)(=O)Nc3ccccc3Cl)cc2)cc1. The zero-order valence-corrected chi connectivity index (χ0v) is 17.6. The van der Waals surface area contributed by atoms with Crippen LogP contribution in [0.15, 0.2) is 83.8 Å². The van der Waals surface area contributed by atoms with Crippen molar-refractivity contribution in [3.8, 4) is 5.75 Å². The molecule has 1 amide bonds. The van der Waals surface area contributed by atoms with Crippen LogP contribution < -0.4 is 14.8 Å². The van der Waals surface area contributed by atoms with E-state index < -0.39 is 10.0 Å². The quantitative estimate of drug-likeness (QED) is 0.514. The van der Waals surface area contributed by atoms with Crippen molar-refractivity contribution in [2.45, 2.75) is 4.90 Å². The molecule has 0 saturated carbocycles. The molecule has 0 unspecified atom stereocenters. The molecule has 0 aromatic heterocycles. The van der Waals surface area contributed by atoms with E-state index in [2.05, 4.69) is 10.0 Å². The van der Waals surface area contributed by atoms with E-state index in [4.69, 9.17) is 16.3 Å². The first kappa shape index (κ1) is 21.4. The van der Waals surface area contributed by atoms with E-state index in [1.165, 1.54) is 18.2 Å². The Morgan fingerprint density at radius 2 is 1.63 bits per heavy atom. The molecule has 0 aliphatic carbocycles. The van der Waals surface area contributed by atoms with Crippen molar-refractivity contribution in [1.29, 1.82) is 0 Å². The van der Waals surface area contributed by atoms with Crippen molar-refractivity contribution in [3.05, 3.63) is 89.5 Å². The topological polar surface area (TPSA) is 84.5 Å². The van der Waals surface area contributed by atoms with Crippen molar-refractivity contribution >= 4 is 45.0 Å². The second-order valence-corrected chi connectivity index (χ2v) is 8.30. The van der Waals surface area contributed by atoms with E-state index >= 15 is 0 Å². The smallest absolute Gasteiger partial charge is 0.261 e. The zero-order valence-electron chi connectivity index (χ0n) is 16.0. The molecule has 3 aromatic rings. The highest BCUT2D eigenvalue weighted by atomic mass is 35.5. The molecule has 0 saturated heterocycles. The van der Waals surface area contributed by atoms with Crippen LogP contribution in [0.1, 0.15) is 5.56 Å². The monoisotopic (exact) mass is 442 g/mol. The number of amides is 1. The third-order valence-corrected chi connectivity index (χ3v) is 5.80. The first-order chi connectivity index (χ1) is 14.4. The number of hydrogen-bond acceptors (Lipinski definition) is 4. The first-order valence-electron chi connectivity index (χ1n) is 8.88. The number of nitrogens with one attached hydrogen (secondary N) is 2. The van der Waals surface area contributed by atoms with E-state index in [1.807, 2.05) is 0 Å². The van der Waals surface area contributed by atoms with Gasteiger partial charge in [-0.1, -0.05) is 35.9 Å². The number of para-hydroxylation sites is 1. The van der Waals surface area contributed by atoms with Crippen LogP contribution in [0.2, 0.25) is 5.02 Å². The van der Waals surface area contributed by atoms with Gasteiger partial charge in [-0.05, 0) is 60.2 Å². The number of halogens is 1.